The van der Waals surface area contributed by atoms with Crippen molar-refractivity contribution in [2.75, 3.05) is 20.0 Å². The zero-order chi connectivity index (χ0) is 14.2. The molecule has 0 radical (unpaired) electrons. The summed E-state index contributed by atoms with van der Waals surface area (Å²) < 4.78 is 16.3. The molecule has 0 aromatic heterocycles. The van der Waals surface area contributed by atoms with Gasteiger partial charge in [-0.2, -0.15) is 0 Å². The maximum atomic E-state index is 5.68. The largest absolute Gasteiger partial charge is 0.468 e. The van der Waals surface area contributed by atoms with E-state index >= 15 is 0 Å². The molecule has 1 aliphatic rings. The highest BCUT2D eigenvalue weighted by Gasteiger charge is 2.21. The van der Waals surface area contributed by atoms with Gasteiger partial charge < -0.3 is 19.5 Å². The summed E-state index contributed by atoms with van der Waals surface area (Å²) in [6.45, 7) is 6.88. The Bertz CT molecular complexity index is 374. The highest BCUT2D eigenvalue weighted by molar-refractivity contribution is 5.27. The fourth-order valence-corrected chi connectivity index (χ4v) is 2.30. The molecule has 1 fully saturated rings. The highest BCUT2D eigenvalue weighted by Crippen LogP contribution is 2.16. The lowest BCUT2D eigenvalue weighted by molar-refractivity contribution is 0.0224. The Morgan fingerprint density at radius 3 is 2.80 bits per heavy atom. The van der Waals surface area contributed by atoms with E-state index in [2.05, 4.69) is 24.4 Å². The molecule has 4 nitrogen and oxygen atoms in total. The first kappa shape index (κ1) is 15.3. The molecule has 1 aromatic rings. The zero-order valence-corrected chi connectivity index (χ0v) is 12.4. The molecule has 2 atom stereocenters. The van der Waals surface area contributed by atoms with E-state index in [9.17, 15) is 0 Å². The van der Waals surface area contributed by atoms with Gasteiger partial charge in [0, 0.05) is 25.8 Å². The van der Waals surface area contributed by atoms with Crippen LogP contribution in [-0.2, 0) is 16.0 Å². The van der Waals surface area contributed by atoms with E-state index < -0.39 is 0 Å². The average molecular weight is 279 g/mol. The van der Waals surface area contributed by atoms with Crippen molar-refractivity contribution < 1.29 is 14.2 Å². The number of ether oxygens (including phenoxy) is 3. The van der Waals surface area contributed by atoms with Crippen LogP contribution in [0.3, 0.4) is 0 Å². The molecule has 20 heavy (non-hydrogen) atoms. The summed E-state index contributed by atoms with van der Waals surface area (Å²) in [5, 5.41) is 3.52. The lowest BCUT2D eigenvalue weighted by Gasteiger charge is -2.20. The fraction of sp³-hybridized carbons (Fsp3) is 0.625. The number of hydrogen-bond donors (Lipinski definition) is 1. The smallest absolute Gasteiger partial charge is 0.189 e. The molecule has 0 spiro atoms. The van der Waals surface area contributed by atoms with Crippen LogP contribution in [0.25, 0.3) is 0 Å². The summed E-state index contributed by atoms with van der Waals surface area (Å²) in [6, 6.07) is 8.51. The Balaban J connectivity index is 1.72. The molecule has 0 aliphatic carbocycles. The quantitative estimate of drug-likeness (QED) is 0.587. The van der Waals surface area contributed by atoms with Gasteiger partial charge in [-0.3, -0.25) is 0 Å². The first-order valence-corrected chi connectivity index (χ1v) is 7.44. The van der Waals surface area contributed by atoms with Crippen LogP contribution in [-0.4, -0.2) is 32.2 Å². The van der Waals surface area contributed by atoms with Gasteiger partial charge in [-0.25, -0.2) is 0 Å². The number of hydrogen-bond acceptors (Lipinski definition) is 4. The second kappa shape index (κ2) is 8.25. The Labute approximate surface area is 121 Å². The van der Waals surface area contributed by atoms with Crippen LogP contribution in [0.5, 0.6) is 5.75 Å². The average Bonchev–Trinajstić information content (AvgIpc) is 3.01. The third-order valence-corrected chi connectivity index (χ3v) is 3.59. The van der Waals surface area contributed by atoms with Gasteiger partial charge in [0.25, 0.3) is 0 Å². The van der Waals surface area contributed by atoms with E-state index in [1.165, 1.54) is 18.4 Å². The maximum Gasteiger partial charge on any atom is 0.189 e. The van der Waals surface area contributed by atoms with Gasteiger partial charge >= 0.3 is 0 Å². The summed E-state index contributed by atoms with van der Waals surface area (Å²) in [5.74, 6) is 0.842. The predicted octanol–water partition coefficient (Wildman–Crippen LogP) is 2.72. The minimum absolute atomic E-state index is 0.310. The first-order valence-electron chi connectivity index (χ1n) is 7.44. The zero-order valence-electron chi connectivity index (χ0n) is 12.4. The third kappa shape index (κ3) is 4.78. The molecule has 0 amide bonds. The van der Waals surface area contributed by atoms with E-state index in [0.717, 1.165) is 18.9 Å². The van der Waals surface area contributed by atoms with Crippen molar-refractivity contribution in [2.24, 2.45) is 0 Å². The Morgan fingerprint density at radius 1 is 1.35 bits per heavy atom. The Kier molecular flexibility index (Phi) is 6.30. The summed E-state index contributed by atoms with van der Waals surface area (Å²) >= 11 is 0. The van der Waals surface area contributed by atoms with Crippen LogP contribution < -0.4 is 10.1 Å². The summed E-state index contributed by atoms with van der Waals surface area (Å²) in [6.07, 6.45) is 2.71. The van der Waals surface area contributed by atoms with Crippen molar-refractivity contribution >= 4 is 0 Å². The normalized spacial score (nSPS) is 20.0. The second-order valence-corrected chi connectivity index (χ2v) is 5.12. The van der Waals surface area contributed by atoms with E-state index in [1.54, 1.807) is 0 Å². The number of benzene rings is 1. The lowest BCUT2D eigenvalue weighted by atomic mass is 10.1. The van der Waals surface area contributed by atoms with Gasteiger partial charge in [-0.15, -0.1) is 0 Å². The van der Waals surface area contributed by atoms with Gasteiger partial charge in [0.05, 0.1) is 6.10 Å². The van der Waals surface area contributed by atoms with Crippen LogP contribution in [0.2, 0.25) is 0 Å². The molecular weight excluding hydrogens is 254 g/mol. The standard InChI is InChI=1S/C16H25NO3/c1-3-18-12-20-15-8-6-14(7-9-15)11-17-13(2)16-5-4-10-19-16/h6-9,13,16-17H,3-5,10-12H2,1-2H3/t13-,16+/m1/s1. The predicted molar refractivity (Wildman–Crippen MR) is 78.8 cm³/mol. The van der Waals surface area contributed by atoms with Crippen molar-refractivity contribution in [2.45, 2.75) is 45.4 Å². The van der Waals surface area contributed by atoms with Crippen molar-refractivity contribution in [1.29, 1.82) is 0 Å². The molecular formula is C16H25NO3. The highest BCUT2D eigenvalue weighted by atomic mass is 16.7. The molecule has 0 unspecified atom stereocenters. The molecule has 1 saturated heterocycles. The van der Waals surface area contributed by atoms with Gasteiger partial charge in [-0.1, -0.05) is 12.1 Å². The molecule has 1 heterocycles. The van der Waals surface area contributed by atoms with E-state index in [-0.39, 0.29) is 0 Å². The van der Waals surface area contributed by atoms with Crippen LogP contribution >= 0.6 is 0 Å². The Hall–Kier alpha value is -1.10. The SMILES string of the molecule is CCOCOc1ccc(CN[C@H](C)[C@@H]2CCCO2)cc1. The third-order valence-electron chi connectivity index (χ3n) is 3.59. The molecule has 1 aliphatic heterocycles. The first-order chi connectivity index (χ1) is 9.79. The van der Waals surface area contributed by atoms with Gasteiger partial charge in [0.1, 0.15) is 5.75 Å². The summed E-state index contributed by atoms with van der Waals surface area (Å²) in [4.78, 5) is 0. The number of nitrogens with one attached hydrogen (secondary N) is 1. The van der Waals surface area contributed by atoms with Gasteiger partial charge in [-0.05, 0) is 44.4 Å². The molecule has 0 bridgehead atoms. The van der Waals surface area contributed by atoms with E-state index in [0.29, 0.717) is 25.5 Å². The van der Waals surface area contributed by atoms with Crippen molar-refractivity contribution in [3.63, 3.8) is 0 Å². The Morgan fingerprint density at radius 2 is 2.15 bits per heavy atom. The minimum atomic E-state index is 0.310. The van der Waals surface area contributed by atoms with Crippen molar-refractivity contribution in [1.82, 2.24) is 5.32 Å². The fourth-order valence-electron chi connectivity index (χ4n) is 2.30. The molecule has 112 valence electrons. The molecule has 4 heteroatoms. The summed E-state index contributed by atoms with van der Waals surface area (Å²) in [7, 11) is 0. The van der Waals surface area contributed by atoms with Crippen LogP contribution in [0.4, 0.5) is 0 Å². The molecule has 2 rings (SSSR count). The molecule has 0 saturated carbocycles. The van der Waals surface area contributed by atoms with E-state index in [4.69, 9.17) is 14.2 Å². The second-order valence-electron chi connectivity index (χ2n) is 5.12. The maximum absolute atomic E-state index is 5.68. The van der Waals surface area contributed by atoms with Crippen molar-refractivity contribution in [3.05, 3.63) is 29.8 Å². The summed E-state index contributed by atoms with van der Waals surface area (Å²) in [5.41, 5.74) is 1.25. The molecule has 1 aromatic carbocycles. The van der Waals surface area contributed by atoms with Gasteiger partial charge in [0.15, 0.2) is 6.79 Å². The lowest BCUT2D eigenvalue weighted by Crippen LogP contribution is -2.36. The monoisotopic (exact) mass is 279 g/mol. The van der Waals surface area contributed by atoms with Crippen LogP contribution in [0.1, 0.15) is 32.3 Å². The topological polar surface area (TPSA) is 39.7 Å². The molecule has 1 N–H and O–H groups in total. The van der Waals surface area contributed by atoms with Crippen LogP contribution in [0, 0.1) is 0 Å². The van der Waals surface area contributed by atoms with Crippen molar-refractivity contribution in [3.8, 4) is 5.75 Å². The number of rotatable bonds is 8. The van der Waals surface area contributed by atoms with Gasteiger partial charge in [0.2, 0.25) is 0 Å². The van der Waals surface area contributed by atoms with Crippen LogP contribution in [0.15, 0.2) is 24.3 Å². The van der Waals surface area contributed by atoms with E-state index in [1.807, 2.05) is 19.1 Å². The minimum Gasteiger partial charge on any atom is -0.468 e.